The number of nitrogens with one attached hydrogen (secondary N) is 1. The van der Waals surface area contributed by atoms with Gasteiger partial charge in [0.2, 0.25) is 0 Å². The molecule has 3 aromatic carbocycles. The molecule has 0 unspecified atom stereocenters. The minimum Gasteiger partial charge on any atom is -0.378 e. The molecule has 7 nitrogen and oxygen atoms in total. The second-order valence-electron chi connectivity index (χ2n) is 6.79. The van der Waals surface area contributed by atoms with Gasteiger partial charge in [0.1, 0.15) is 5.82 Å². The first-order valence-corrected chi connectivity index (χ1v) is 9.07. The molecule has 0 aliphatic rings. The number of non-ortho nitro benzene ring substituents is 1. The Morgan fingerprint density at radius 2 is 1.72 bits per heavy atom. The molecule has 0 aliphatic carbocycles. The third-order valence-electron chi connectivity index (χ3n) is 4.54. The summed E-state index contributed by atoms with van der Waals surface area (Å²) in [5, 5.41) is 15.4. The van der Waals surface area contributed by atoms with Crippen LogP contribution in [0.15, 0.2) is 72.8 Å². The van der Waals surface area contributed by atoms with E-state index < -0.39 is 4.92 Å². The summed E-state index contributed by atoms with van der Waals surface area (Å²) in [6.45, 7) is 0. The molecule has 29 heavy (non-hydrogen) atoms. The summed E-state index contributed by atoms with van der Waals surface area (Å²) in [5.41, 5.74) is 3.31. The Morgan fingerprint density at radius 3 is 2.52 bits per heavy atom. The van der Waals surface area contributed by atoms with Crippen LogP contribution in [-0.2, 0) is 0 Å². The van der Waals surface area contributed by atoms with Gasteiger partial charge in [-0.25, -0.2) is 9.97 Å². The quantitative estimate of drug-likeness (QED) is 0.384. The molecule has 4 rings (SSSR count). The van der Waals surface area contributed by atoms with Crippen LogP contribution in [0, 0.1) is 10.1 Å². The molecule has 0 fully saturated rings. The molecule has 7 heteroatoms. The number of para-hydroxylation sites is 1. The van der Waals surface area contributed by atoms with Gasteiger partial charge in [-0.1, -0.05) is 30.3 Å². The minimum atomic E-state index is -0.420. The summed E-state index contributed by atoms with van der Waals surface area (Å²) < 4.78 is 0. The largest absolute Gasteiger partial charge is 0.378 e. The van der Waals surface area contributed by atoms with Gasteiger partial charge in [-0.15, -0.1) is 0 Å². The minimum absolute atomic E-state index is 0.00690. The molecule has 0 saturated heterocycles. The summed E-state index contributed by atoms with van der Waals surface area (Å²) in [7, 11) is 3.97. The molecule has 0 amide bonds. The van der Waals surface area contributed by atoms with Crippen molar-refractivity contribution < 1.29 is 4.92 Å². The highest BCUT2D eigenvalue weighted by Gasteiger charge is 2.13. The summed E-state index contributed by atoms with van der Waals surface area (Å²) >= 11 is 0. The maximum absolute atomic E-state index is 11.1. The second-order valence-corrected chi connectivity index (χ2v) is 6.79. The van der Waals surface area contributed by atoms with Crippen LogP contribution in [0.5, 0.6) is 0 Å². The first kappa shape index (κ1) is 18.4. The molecule has 0 saturated carbocycles. The van der Waals surface area contributed by atoms with E-state index in [4.69, 9.17) is 0 Å². The van der Waals surface area contributed by atoms with Crippen LogP contribution in [0.2, 0.25) is 0 Å². The van der Waals surface area contributed by atoms with Gasteiger partial charge >= 0.3 is 0 Å². The molecule has 1 heterocycles. The molecule has 0 radical (unpaired) electrons. The van der Waals surface area contributed by atoms with Gasteiger partial charge in [0.05, 0.1) is 10.4 Å². The predicted octanol–water partition coefficient (Wildman–Crippen LogP) is 5.01. The van der Waals surface area contributed by atoms with E-state index in [1.165, 1.54) is 12.1 Å². The van der Waals surface area contributed by atoms with Gasteiger partial charge in [-0.05, 0) is 30.3 Å². The Balaban J connectivity index is 1.82. The van der Waals surface area contributed by atoms with Crippen LogP contribution in [0.25, 0.3) is 22.3 Å². The lowest BCUT2D eigenvalue weighted by Gasteiger charge is -2.15. The monoisotopic (exact) mass is 385 g/mol. The van der Waals surface area contributed by atoms with Gasteiger partial charge in [0.15, 0.2) is 5.82 Å². The van der Waals surface area contributed by atoms with Crippen molar-refractivity contribution in [2.75, 3.05) is 24.3 Å². The highest BCUT2D eigenvalue weighted by molar-refractivity contribution is 5.92. The molecule has 4 aromatic rings. The summed E-state index contributed by atoms with van der Waals surface area (Å²) in [4.78, 5) is 22.0. The van der Waals surface area contributed by atoms with Crippen molar-refractivity contribution >= 4 is 33.8 Å². The highest BCUT2D eigenvalue weighted by Crippen LogP contribution is 2.29. The number of nitro benzene ring substituents is 1. The van der Waals surface area contributed by atoms with E-state index in [0.29, 0.717) is 17.2 Å². The van der Waals surface area contributed by atoms with Crippen molar-refractivity contribution in [2.24, 2.45) is 0 Å². The fraction of sp³-hybridized carbons (Fsp3) is 0.0909. The highest BCUT2D eigenvalue weighted by atomic mass is 16.6. The van der Waals surface area contributed by atoms with Crippen LogP contribution in [0.1, 0.15) is 0 Å². The van der Waals surface area contributed by atoms with Gasteiger partial charge in [-0.3, -0.25) is 10.1 Å². The van der Waals surface area contributed by atoms with E-state index in [2.05, 4.69) is 15.3 Å². The third kappa shape index (κ3) is 3.84. The molecule has 0 atom stereocenters. The predicted molar refractivity (Wildman–Crippen MR) is 116 cm³/mol. The number of nitro groups is 1. The number of rotatable bonds is 5. The lowest BCUT2D eigenvalue weighted by atomic mass is 10.1. The number of anilines is 3. The molecule has 0 aliphatic heterocycles. The van der Waals surface area contributed by atoms with Crippen molar-refractivity contribution in [1.82, 2.24) is 9.97 Å². The van der Waals surface area contributed by atoms with Gasteiger partial charge in [0.25, 0.3) is 5.69 Å². The van der Waals surface area contributed by atoms with Crippen LogP contribution >= 0.6 is 0 Å². The fourth-order valence-corrected chi connectivity index (χ4v) is 3.06. The Labute approximate surface area is 167 Å². The lowest BCUT2D eigenvalue weighted by molar-refractivity contribution is -0.384. The zero-order valence-electron chi connectivity index (χ0n) is 16.0. The van der Waals surface area contributed by atoms with E-state index in [0.717, 1.165) is 22.3 Å². The average molecular weight is 385 g/mol. The number of fused-ring (bicyclic) bond motifs is 1. The van der Waals surface area contributed by atoms with Gasteiger partial charge in [-0.2, -0.15) is 0 Å². The topological polar surface area (TPSA) is 84.2 Å². The Morgan fingerprint density at radius 1 is 0.931 bits per heavy atom. The maximum atomic E-state index is 11.1. The SMILES string of the molecule is CN(C)c1cccc(Nc2nc(-c3cccc([N+](=O)[O-])c3)nc3ccccc23)c1. The smallest absolute Gasteiger partial charge is 0.270 e. The van der Waals surface area contributed by atoms with E-state index >= 15 is 0 Å². The van der Waals surface area contributed by atoms with Gasteiger partial charge in [0, 0.05) is 48.6 Å². The summed E-state index contributed by atoms with van der Waals surface area (Å²) in [5.74, 6) is 1.08. The van der Waals surface area contributed by atoms with Crippen LogP contribution in [0.4, 0.5) is 22.9 Å². The molecule has 1 aromatic heterocycles. The van der Waals surface area contributed by atoms with Crippen molar-refractivity contribution in [3.8, 4) is 11.4 Å². The third-order valence-corrected chi connectivity index (χ3v) is 4.54. The second kappa shape index (κ2) is 7.55. The van der Waals surface area contributed by atoms with E-state index in [1.807, 2.05) is 67.5 Å². The van der Waals surface area contributed by atoms with E-state index in [1.54, 1.807) is 12.1 Å². The molecule has 144 valence electrons. The summed E-state index contributed by atoms with van der Waals surface area (Å²) in [6, 6.07) is 22.0. The Kier molecular flexibility index (Phi) is 4.78. The normalized spacial score (nSPS) is 10.7. The fourth-order valence-electron chi connectivity index (χ4n) is 3.06. The number of hydrogen-bond donors (Lipinski definition) is 1. The van der Waals surface area contributed by atoms with Gasteiger partial charge < -0.3 is 10.2 Å². The first-order valence-electron chi connectivity index (χ1n) is 9.07. The number of benzene rings is 3. The molecule has 0 spiro atoms. The Hall–Kier alpha value is -4.00. The molecule has 0 bridgehead atoms. The lowest BCUT2D eigenvalue weighted by Crippen LogP contribution is -2.08. The van der Waals surface area contributed by atoms with Crippen molar-refractivity contribution in [1.29, 1.82) is 0 Å². The number of aromatic nitrogens is 2. The van der Waals surface area contributed by atoms with Crippen molar-refractivity contribution in [3.05, 3.63) is 82.9 Å². The number of hydrogen-bond acceptors (Lipinski definition) is 6. The zero-order chi connectivity index (χ0) is 20.4. The van der Waals surface area contributed by atoms with Crippen LogP contribution in [-0.4, -0.2) is 29.0 Å². The maximum Gasteiger partial charge on any atom is 0.270 e. The first-order chi connectivity index (χ1) is 14.0. The Bertz CT molecular complexity index is 1210. The van der Waals surface area contributed by atoms with Crippen molar-refractivity contribution in [3.63, 3.8) is 0 Å². The summed E-state index contributed by atoms with van der Waals surface area (Å²) in [6.07, 6.45) is 0. The van der Waals surface area contributed by atoms with Crippen molar-refractivity contribution in [2.45, 2.75) is 0 Å². The molecule has 1 N–H and O–H groups in total. The molecular weight excluding hydrogens is 366 g/mol. The zero-order valence-corrected chi connectivity index (χ0v) is 16.0. The van der Waals surface area contributed by atoms with Crippen LogP contribution in [0.3, 0.4) is 0 Å². The average Bonchev–Trinajstić information content (AvgIpc) is 2.74. The van der Waals surface area contributed by atoms with E-state index in [9.17, 15) is 10.1 Å². The van der Waals surface area contributed by atoms with E-state index in [-0.39, 0.29) is 5.69 Å². The number of nitrogens with zero attached hydrogens (tertiary/aromatic N) is 4. The van der Waals surface area contributed by atoms with Crippen LogP contribution < -0.4 is 10.2 Å². The standard InChI is InChI=1S/C22H19N5O2/c1-26(2)17-9-6-8-16(14-17)23-22-19-11-3-4-12-20(19)24-21(25-22)15-7-5-10-18(13-15)27(28)29/h3-14H,1-2H3,(H,23,24,25). The molecular formula is C22H19N5O2.